The van der Waals surface area contributed by atoms with Crippen LogP contribution in [0.5, 0.6) is 0 Å². The van der Waals surface area contributed by atoms with Gasteiger partial charge in [-0.1, -0.05) is 0 Å². The summed E-state index contributed by atoms with van der Waals surface area (Å²) >= 11 is 5.60. The summed E-state index contributed by atoms with van der Waals surface area (Å²) in [7, 11) is 0. The molecule has 6 heteroatoms. The van der Waals surface area contributed by atoms with Gasteiger partial charge in [0.1, 0.15) is 0 Å². The number of carbonyl (C=O) groups is 1. The molecule has 0 N–H and O–H groups in total. The monoisotopic (exact) mass is 268 g/mol. The lowest BCUT2D eigenvalue weighted by atomic mass is 10.1. The summed E-state index contributed by atoms with van der Waals surface area (Å²) in [4.78, 5) is 23.7. The number of unbranched alkanes of at least 4 members (excludes halogenated alkanes) is 1. The van der Waals surface area contributed by atoms with Gasteiger partial charge in [0, 0.05) is 30.2 Å². The van der Waals surface area contributed by atoms with Gasteiger partial charge in [-0.05, 0) is 24.5 Å². The smallest absolute Gasteiger partial charge is 0.269 e. The van der Waals surface area contributed by atoms with Crippen LogP contribution < -0.4 is 4.90 Å². The number of hydrogen-bond donors (Lipinski definition) is 0. The number of alkyl halides is 1. The van der Waals surface area contributed by atoms with Gasteiger partial charge < -0.3 is 4.90 Å². The number of amides is 1. The van der Waals surface area contributed by atoms with Crippen molar-refractivity contribution in [3.8, 4) is 0 Å². The summed E-state index contributed by atoms with van der Waals surface area (Å²) in [6, 6.07) is 4.57. The van der Waals surface area contributed by atoms with Gasteiger partial charge in [-0.25, -0.2) is 0 Å². The van der Waals surface area contributed by atoms with Crippen molar-refractivity contribution in [2.75, 3.05) is 17.3 Å². The van der Waals surface area contributed by atoms with Crippen molar-refractivity contribution in [3.05, 3.63) is 33.9 Å². The molecule has 0 fully saturated rings. The standard InChI is InChI=1S/C12H13ClN2O3/c13-5-1-2-6-14-11-4-3-10(15(17)18)7-9(11)8-12(14)16/h3-4,7H,1-2,5-6,8H2. The zero-order valence-corrected chi connectivity index (χ0v) is 10.5. The predicted molar refractivity (Wildman–Crippen MR) is 69.1 cm³/mol. The van der Waals surface area contributed by atoms with Crippen molar-refractivity contribution >= 4 is 28.9 Å². The van der Waals surface area contributed by atoms with E-state index in [4.69, 9.17) is 11.6 Å². The van der Waals surface area contributed by atoms with Crippen molar-refractivity contribution in [3.63, 3.8) is 0 Å². The van der Waals surface area contributed by atoms with E-state index in [1.54, 1.807) is 11.0 Å². The quantitative estimate of drug-likeness (QED) is 0.357. The third-order valence-electron chi connectivity index (χ3n) is 2.97. The van der Waals surface area contributed by atoms with Gasteiger partial charge in [-0.2, -0.15) is 0 Å². The van der Waals surface area contributed by atoms with Gasteiger partial charge in [0.05, 0.1) is 11.3 Å². The Hall–Kier alpha value is -1.62. The van der Waals surface area contributed by atoms with Gasteiger partial charge in [-0.3, -0.25) is 14.9 Å². The molecule has 2 rings (SSSR count). The van der Waals surface area contributed by atoms with Crippen LogP contribution in [-0.2, 0) is 11.2 Å². The second kappa shape index (κ2) is 5.35. The van der Waals surface area contributed by atoms with E-state index in [0.717, 1.165) is 24.1 Å². The van der Waals surface area contributed by atoms with Crippen LogP contribution >= 0.6 is 11.6 Å². The molecular formula is C12H13ClN2O3. The lowest BCUT2D eigenvalue weighted by Gasteiger charge is -2.16. The van der Waals surface area contributed by atoms with Gasteiger partial charge in [0.25, 0.3) is 5.69 Å². The Bertz CT molecular complexity index is 490. The molecule has 0 aromatic heterocycles. The zero-order valence-electron chi connectivity index (χ0n) is 9.76. The van der Waals surface area contributed by atoms with E-state index in [9.17, 15) is 14.9 Å². The third kappa shape index (κ3) is 2.46. The normalized spacial score (nSPS) is 13.8. The van der Waals surface area contributed by atoms with Crippen molar-refractivity contribution in [1.82, 2.24) is 0 Å². The van der Waals surface area contributed by atoms with Gasteiger partial charge in [0.15, 0.2) is 0 Å². The molecule has 5 nitrogen and oxygen atoms in total. The molecule has 0 saturated carbocycles. The van der Waals surface area contributed by atoms with Crippen molar-refractivity contribution in [2.45, 2.75) is 19.3 Å². The van der Waals surface area contributed by atoms with Crippen LogP contribution in [0, 0.1) is 10.1 Å². The predicted octanol–water partition coefficient (Wildman–Crippen LogP) is 2.50. The van der Waals surface area contributed by atoms with Crippen LogP contribution in [0.25, 0.3) is 0 Å². The van der Waals surface area contributed by atoms with Crippen LogP contribution in [0.15, 0.2) is 18.2 Å². The number of benzene rings is 1. The van der Waals surface area contributed by atoms with E-state index in [-0.39, 0.29) is 18.0 Å². The first-order chi connectivity index (χ1) is 8.63. The molecule has 1 aliphatic rings. The van der Waals surface area contributed by atoms with Crippen LogP contribution in [0.3, 0.4) is 0 Å². The maximum atomic E-state index is 11.8. The molecule has 0 radical (unpaired) electrons. The van der Waals surface area contributed by atoms with E-state index in [1.807, 2.05) is 0 Å². The Balaban J connectivity index is 2.18. The highest BCUT2D eigenvalue weighted by Crippen LogP contribution is 2.32. The molecule has 0 aliphatic carbocycles. The Labute approximate surface area is 109 Å². The number of nitrogens with zero attached hydrogens (tertiary/aromatic N) is 2. The Morgan fingerprint density at radius 3 is 2.83 bits per heavy atom. The number of carbonyl (C=O) groups excluding carboxylic acids is 1. The highest BCUT2D eigenvalue weighted by atomic mass is 35.5. The highest BCUT2D eigenvalue weighted by molar-refractivity contribution is 6.17. The lowest BCUT2D eigenvalue weighted by molar-refractivity contribution is -0.384. The summed E-state index contributed by atoms with van der Waals surface area (Å²) in [6.07, 6.45) is 1.94. The molecule has 0 spiro atoms. The molecule has 0 bridgehead atoms. The first-order valence-corrected chi connectivity index (χ1v) is 6.30. The largest absolute Gasteiger partial charge is 0.312 e. The molecule has 1 heterocycles. The van der Waals surface area contributed by atoms with Gasteiger partial charge in [0.2, 0.25) is 5.91 Å². The van der Waals surface area contributed by atoms with Gasteiger partial charge >= 0.3 is 0 Å². The van der Waals surface area contributed by atoms with Crippen molar-refractivity contribution < 1.29 is 9.72 Å². The zero-order chi connectivity index (χ0) is 13.1. The van der Waals surface area contributed by atoms with Crippen LogP contribution in [0.2, 0.25) is 0 Å². The van der Waals surface area contributed by atoms with Crippen LogP contribution in [0.1, 0.15) is 18.4 Å². The van der Waals surface area contributed by atoms with Crippen molar-refractivity contribution in [1.29, 1.82) is 0 Å². The molecule has 0 saturated heterocycles. The number of nitro benzene ring substituents is 1. The molecule has 0 unspecified atom stereocenters. The van der Waals surface area contributed by atoms with Crippen molar-refractivity contribution in [2.24, 2.45) is 0 Å². The topological polar surface area (TPSA) is 63.4 Å². The molecule has 1 aromatic carbocycles. The molecule has 1 aromatic rings. The summed E-state index contributed by atoms with van der Waals surface area (Å²) in [5.41, 5.74) is 1.56. The van der Waals surface area contributed by atoms with E-state index in [0.29, 0.717) is 12.4 Å². The first-order valence-electron chi connectivity index (χ1n) is 5.77. The van der Waals surface area contributed by atoms with E-state index < -0.39 is 4.92 Å². The fourth-order valence-electron chi connectivity index (χ4n) is 2.09. The fourth-order valence-corrected chi connectivity index (χ4v) is 2.28. The minimum absolute atomic E-state index is 0.0000652. The maximum Gasteiger partial charge on any atom is 0.269 e. The highest BCUT2D eigenvalue weighted by Gasteiger charge is 2.28. The molecule has 1 amide bonds. The first kappa shape index (κ1) is 12.8. The van der Waals surface area contributed by atoms with Gasteiger partial charge in [-0.15, -0.1) is 11.6 Å². The minimum atomic E-state index is -0.444. The number of fused-ring (bicyclic) bond motifs is 1. The third-order valence-corrected chi connectivity index (χ3v) is 3.24. The fraction of sp³-hybridized carbons (Fsp3) is 0.417. The number of nitro groups is 1. The Morgan fingerprint density at radius 1 is 1.39 bits per heavy atom. The molecular weight excluding hydrogens is 256 g/mol. The SMILES string of the molecule is O=C1Cc2cc([N+](=O)[O-])ccc2N1CCCCCl. The summed E-state index contributed by atoms with van der Waals surface area (Å²) in [5, 5.41) is 10.7. The second-order valence-corrected chi connectivity index (χ2v) is 4.57. The number of rotatable bonds is 5. The van der Waals surface area contributed by atoms with E-state index in [1.165, 1.54) is 12.1 Å². The minimum Gasteiger partial charge on any atom is -0.312 e. The maximum absolute atomic E-state index is 11.8. The molecule has 0 atom stereocenters. The Morgan fingerprint density at radius 2 is 2.17 bits per heavy atom. The second-order valence-electron chi connectivity index (χ2n) is 4.19. The molecule has 18 heavy (non-hydrogen) atoms. The number of non-ortho nitro benzene ring substituents is 1. The van der Waals surface area contributed by atoms with E-state index >= 15 is 0 Å². The Kier molecular flexibility index (Phi) is 3.81. The summed E-state index contributed by atoms with van der Waals surface area (Å²) in [5.74, 6) is 0.579. The average Bonchev–Trinajstić information content (AvgIpc) is 2.65. The van der Waals surface area contributed by atoms with Crippen LogP contribution in [-0.4, -0.2) is 23.3 Å². The molecule has 96 valence electrons. The summed E-state index contributed by atoms with van der Waals surface area (Å²) < 4.78 is 0. The number of halogens is 1. The molecule has 1 aliphatic heterocycles. The van der Waals surface area contributed by atoms with E-state index in [2.05, 4.69) is 0 Å². The number of hydrogen-bond acceptors (Lipinski definition) is 3. The summed E-state index contributed by atoms with van der Waals surface area (Å²) in [6.45, 7) is 0.621. The number of anilines is 1. The lowest BCUT2D eigenvalue weighted by Crippen LogP contribution is -2.27. The van der Waals surface area contributed by atoms with Crippen LogP contribution in [0.4, 0.5) is 11.4 Å². The average molecular weight is 269 g/mol.